The van der Waals surface area contributed by atoms with E-state index in [-0.39, 0.29) is 0 Å². The molecule has 1 atom stereocenters. The molecule has 1 unspecified atom stereocenters. The van der Waals surface area contributed by atoms with Gasteiger partial charge in [0, 0.05) is 17.0 Å². The van der Waals surface area contributed by atoms with Gasteiger partial charge in [-0.05, 0) is 0 Å². The third-order valence-corrected chi connectivity index (χ3v) is 2.33. The molecule has 6 heteroatoms. The number of hydrogen-bond donors (Lipinski definition) is 2. The Labute approximate surface area is 85.3 Å². The molecule has 74 valence electrons. The van der Waals surface area contributed by atoms with Crippen LogP contribution in [0.3, 0.4) is 0 Å². The monoisotopic (exact) mass is 223 g/mol. The van der Waals surface area contributed by atoms with Gasteiger partial charge in [-0.2, -0.15) is 11.8 Å². The quantitative estimate of drug-likeness (QED) is 0.492. The van der Waals surface area contributed by atoms with Crippen LogP contribution in [0.2, 0.25) is 0 Å². The normalized spacial score (nSPS) is 12.7. The van der Waals surface area contributed by atoms with Crippen LogP contribution in [-0.4, -0.2) is 35.0 Å². The van der Waals surface area contributed by atoms with E-state index in [0.717, 1.165) is 0 Å². The maximum absolute atomic E-state index is 10.5. The van der Waals surface area contributed by atoms with Crippen LogP contribution in [0.1, 0.15) is 0 Å². The van der Waals surface area contributed by atoms with Crippen LogP contribution in [0.15, 0.2) is 11.6 Å². The lowest BCUT2D eigenvalue weighted by Gasteiger charge is -2.08. The van der Waals surface area contributed by atoms with E-state index < -0.39 is 12.0 Å². The van der Waals surface area contributed by atoms with Gasteiger partial charge < -0.3 is 10.4 Å². The first kappa shape index (κ1) is 12.3. The third-order valence-electron chi connectivity index (χ3n) is 1.16. The Morgan fingerprint density at radius 2 is 2.38 bits per heavy atom. The van der Waals surface area contributed by atoms with Gasteiger partial charge in [0.05, 0.1) is 0 Å². The number of nitrogens with one attached hydrogen (secondary N) is 1. The Balaban J connectivity index is 3.69. The summed E-state index contributed by atoms with van der Waals surface area (Å²) >= 11 is 6.64. The number of halogens is 1. The van der Waals surface area contributed by atoms with E-state index in [1.807, 2.05) is 0 Å². The fraction of sp³-hybridized carbons (Fsp3) is 0.429. The zero-order valence-corrected chi connectivity index (χ0v) is 8.35. The van der Waals surface area contributed by atoms with Crippen molar-refractivity contribution in [2.75, 3.05) is 11.5 Å². The molecule has 0 saturated heterocycles. The van der Waals surface area contributed by atoms with Crippen molar-refractivity contribution in [2.24, 2.45) is 0 Å². The minimum absolute atomic E-state index is 0.329. The van der Waals surface area contributed by atoms with Crippen molar-refractivity contribution in [3.63, 3.8) is 0 Å². The van der Waals surface area contributed by atoms with Crippen LogP contribution in [0, 0.1) is 0 Å². The van der Waals surface area contributed by atoms with Crippen molar-refractivity contribution in [3.05, 3.63) is 11.6 Å². The first-order valence-electron chi connectivity index (χ1n) is 3.47. The Morgan fingerprint density at radius 3 is 2.85 bits per heavy atom. The summed E-state index contributed by atoms with van der Waals surface area (Å²) in [7, 11) is 0. The molecule has 0 aromatic rings. The van der Waals surface area contributed by atoms with Gasteiger partial charge in [0.15, 0.2) is 0 Å². The van der Waals surface area contributed by atoms with Crippen molar-refractivity contribution in [1.82, 2.24) is 5.32 Å². The lowest BCUT2D eigenvalue weighted by molar-refractivity contribution is -0.139. The Bertz CT molecular complexity index is 198. The van der Waals surface area contributed by atoms with Gasteiger partial charge in [0.25, 0.3) is 0 Å². The van der Waals surface area contributed by atoms with E-state index in [1.165, 1.54) is 17.3 Å². The number of thioether (sulfide) groups is 1. The Kier molecular flexibility index (Phi) is 7.53. The number of carboxylic acid groups (broad SMARTS) is 1. The number of hydrogen-bond acceptors (Lipinski definition) is 3. The summed E-state index contributed by atoms with van der Waals surface area (Å²) < 4.78 is 0. The summed E-state index contributed by atoms with van der Waals surface area (Å²) in [5.41, 5.74) is 1.37. The highest BCUT2D eigenvalue weighted by Gasteiger charge is 2.14. The van der Waals surface area contributed by atoms with Gasteiger partial charge in [0.1, 0.15) is 6.04 Å². The molecular weight excluding hydrogens is 214 g/mol. The second-order valence-corrected chi connectivity index (χ2v) is 3.40. The third kappa shape index (κ3) is 6.48. The predicted octanol–water partition coefficient (Wildman–Crippen LogP) is 0.671. The van der Waals surface area contributed by atoms with Crippen molar-refractivity contribution < 1.29 is 14.7 Å². The molecule has 0 aromatic heterocycles. The summed E-state index contributed by atoms with van der Waals surface area (Å²) in [5.74, 6) is -0.0715. The van der Waals surface area contributed by atoms with Crippen LogP contribution in [-0.2, 0) is 9.59 Å². The molecule has 4 nitrogen and oxygen atoms in total. The number of carboxylic acids is 1. The molecule has 0 radical (unpaired) electrons. The van der Waals surface area contributed by atoms with E-state index in [2.05, 4.69) is 5.32 Å². The predicted molar refractivity (Wildman–Crippen MR) is 52.9 cm³/mol. The first-order valence-corrected chi connectivity index (χ1v) is 5.07. The van der Waals surface area contributed by atoms with Crippen molar-refractivity contribution in [3.8, 4) is 0 Å². The van der Waals surface area contributed by atoms with Crippen LogP contribution in [0.5, 0.6) is 0 Å². The van der Waals surface area contributed by atoms with Crippen molar-refractivity contribution >= 4 is 35.7 Å². The van der Waals surface area contributed by atoms with Gasteiger partial charge in [-0.3, -0.25) is 4.79 Å². The molecule has 0 bridgehead atoms. The molecule has 0 aliphatic heterocycles. The smallest absolute Gasteiger partial charge is 0.327 e. The molecule has 0 fully saturated rings. The molecule has 0 aliphatic rings. The standard InChI is InChI=1S/C7H10ClNO3S/c8-2-1-3-13-4-6(7(11)12)9-5-10/h1-2,5-6H,3-4H2,(H,9,10)(H,11,12). The van der Waals surface area contributed by atoms with Gasteiger partial charge in [0.2, 0.25) is 6.41 Å². The number of carbonyl (C=O) groups excluding carboxylic acids is 1. The number of carbonyl (C=O) groups is 2. The lowest BCUT2D eigenvalue weighted by atomic mass is 10.3. The zero-order valence-electron chi connectivity index (χ0n) is 6.77. The van der Waals surface area contributed by atoms with E-state index in [4.69, 9.17) is 16.7 Å². The molecule has 13 heavy (non-hydrogen) atoms. The summed E-state index contributed by atoms with van der Waals surface area (Å²) in [5, 5.41) is 10.8. The van der Waals surface area contributed by atoms with E-state index in [1.54, 1.807) is 6.08 Å². The second kappa shape index (κ2) is 7.94. The Morgan fingerprint density at radius 1 is 1.69 bits per heavy atom. The van der Waals surface area contributed by atoms with Crippen LogP contribution in [0.4, 0.5) is 0 Å². The molecule has 0 spiro atoms. The molecule has 0 aromatic carbocycles. The second-order valence-electron chi connectivity index (χ2n) is 2.07. The zero-order chi connectivity index (χ0) is 10.1. The molecule has 0 heterocycles. The van der Waals surface area contributed by atoms with Gasteiger partial charge in [-0.25, -0.2) is 4.79 Å². The van der Waals surface area contributed by atoms with E-state index in [0.29, 0.717) is 17.9 Å². The number of aliphatic carboxylic acids is 1. The molecule has 0 aliphatic carbocycles. The fourth-order valence-electron chi connectivity index (χ4n) is 0.563. The minimum atomic E-state index is -1.03. The lowest BCUT2D eigenvalue weighted by Crippen LogP contribution is -2.37. The SMILES string of the molecule is O=CNC(CSCC=CCl)C(=O)O. The van der Waals surface area contributed by atoms with Crippen LogP contribution >= 0.6 is 23.4 Å². The number of amides is 1. The summed E-state index contributed by atoms with van der Waals surface area (Å²) in [6.45, 7) is 0. The highest BCUT2D eigenvalue weighted by atomic mass is 35.5. The summed E-state index contributed by atoms with van der Waals surface area (Å²) in [6.07, 6.45) is 2.09. The maximum atomic E-state index is 10.5. The van der Waals surface area contributed by atoms with Crippen LogP contribution < -0.4 is 5.32 Å². The molecule has 2 N–H and O–H groups in total. The maximum Gasteiger partial charge on any atom is 0.327 e. The average molecular weight is 224 g/mol. The number of rotatable bonds is 7. The first-order chi connectivity index (χ1) is 6.22. The van der Waals surface area contributed by atoms with E-state index in [9.17, 15) is 9.59 Å². The molecule has 1 amide bonds. The average Bonchev–Trinajstić information content (AvgIpc) is 2.10. The van der Waals surface area contributed by atoms with Gasteiger partial charge >= 0.3 is 5.97 Å². The van der Waals surface area contributed by atoms with Crippen LogP contribution in [0.25, 0.3) is 0 Å². The fourth-order valence-corrected chi connectivity index (χ4v) is 1.60. The largest absolute Gasteiger partial charge is 0.480 e. The molecule has 0 rings (SSSR count). The highest BCUT2D eigenvalue weighted by molar-refractivity contribution is 7.99. The van der Waals surface area contributed by atoms with E-state index >= 15 is 0 Å². The van der Waals surface area contributed by atoms with Gasteiger partial charge in [-0.15, -0.1) is 0 Å². The van der Waals surface area contributed by atoms with Crippen molar-refractivity contribution in [1.29, 1.82) is 0 Å². The molecule has 0 saturated carbocycles. The summed E-state index contributed by atoms with van der Waals surface area (Å²) in [4.78, 5) is 20.5. The minimum Gasteiger partial charge on any atom is -0.480 e. The summed E-state index contributed by atoms with van der Waals surface area (Å²) in [6, 6.07) is -0.828. The Hall–Kier alpha value is -0.680. The van der Waals surface area contributed by atoms with Crippen molar-refractivity contribution in [2.45, 2.75) is 6.04 Å². The highest BCUT2D eigenvalue weighted by Crippen LogP contribution is 2.03. The van der Waals surface area contributed by atoms with Gasteiger partial charge in [-0.1, -0.05) is 17.7 Å². The molecular formula is C7H10ClNO3S. The topological polar surface area (TPSA) is 66.4 Å².